The van der Waals surface area contributed by atoms with Crippen molar-refractivity contribution in [1.29, 1.82) is 0 Å². The fraction of sp³-hybridized carbons (Fsp3) is 0.364. The summed E-state index contributed by atoms with van der Waals surface area (Å²) in [6.45, 7) is 4.61. The molecule has 2 aromatic carbocycles. The minimum Gasteiger partial charge on any atom is -0.444 e. The quantitative estimate of drug-likeness (QED) is 0.460. The lowest BCUT2D eigenvalue weighted by Crippen LogP contribution is -2.32. The van der Waals surface area contributed by atoms with Crippen LogP contribution in [0.4, 0.5) is 18.0 Å². The fourth-order valence-electron chi connectivity index (χ4n) is 3.24. The Morgan fingerprint density at radius 1 is 1.21 bits per heavy atom. The summed E-state index contributed by atoms with van der Waals surface area (Å²) in [5, 5.41) is 22.6. The molecule has 0 saturated carbocycles. The summed E-state index contributed by atoms with van der Waals surface area (Å²) < 4.78 is 47.2. The third kappa shape index (κ3) is 6.34. The first kappa shape index (κ1) is 24.7. The van der Waals surface area contributed by atoms with Gasteiger partial charge in [0.1, 0.15) is 17.5 Å². The smallest absolute Gasteiger partial charge is 0.444 e. The molecule has 3 rings (SSSR count). The average Bonchev–Trinajstić information content (AvgIpc) is 3.18. The van der Waals surface area contributed by atoms with E-state index in [1.807, 2.05) is 0 Å². The molecule has 1 heterocycles. The minimum atomic E-state index is -4.80. The first-order chi connectivity index (χ1) is 15.4. The Bertz CT molecular complexity index is 1120. The number of aliphatic hydroxyl groups is 2. The molecule has 0 aliphatic rings. The number of rotatable bonds is 6. The SMILES string of the molecule is CC(C)(C)OC(=O)NCc1cc(-c2ccc(OC(F)(F)F)cc2)c2ncsc2c1C(O)CO. The highest BCUT2D eigenvalue weighted by Crippen LogP contribution is 2.38. The maximum Gasteiger partial charge on any atom is 0.573 e. The zero-order chi connectivity index (χ0) is 24.4. The first-order valence-corrected chi connectivity index (χ1v) is 10.8. The number of ether oxygens (including phenoxy) is 2. The van der Waals surface area contributed by atoms with Crippen LogP contribution in [-0.4, -0.2) is 39.9 Å². The Morgan fingerprint density at radius 3 is 2.45 bits per heavy atom. The number of nitrogens with one attached hydrogen (secondary N) is 1. The van der Waals surface area contributed by atoms with Crippen LogP contribution in [0.1, 0.15) is 38.0 Å². The molecule has 33 heavy (non-hydrogen) atoms. The third-order valence-corrected chi connectivity index (χ3v) is 5.32. The van der Waals surface area contributed by atoms with Crippen LogP contribution in [0, 0.1) is 0 Å². The molecule has 0 aliphatic heterocycles. The van der Waals surface area contributed by atoms with Gasteiger partial charge in [-0.2, -0.15) is 0 Å². The molecule has 7 nitrogen and oxygen atoms in total. The maximum absolute atomic E-state index is 12.5. The molecular weight excluding hydrogens is 461 g/mol. The Morgan fingerprint density at radius 2 is 1.88 bits per heavy atom. The summed E-state index contributed by atoms with van der Waals surface area (Å²) in [5.41, 5.74) is 3.42. The van der Waals surface area contributed by atoms with E-state index in [-0.39, 0.29) is 12.3 Å². The van der Waals surface area contributed by atoms with E-state index in [0.717, 1.165) is 0 Å². The van der Waals surface area contributed by atoms with Crippen LogP contribution >= 0.6 is 11.3 Å². The number of carbonyl (C=O) groups excluding carboxylic acids is 1. The van der Waals surface area contributed by atoms with Crippen LogP contribution in [0.5, 0.6) is 5.75 Å². The number of fused-ring (bicyclic) bond motifs is 1. The van der Waals surface area contributed by atoms with Gasteiger partial charge in [0.05, 0.1) is 22.3 Å². The summed E-state index contributed by atoms with van der Waals surface area (Å²) in [5.74, 6) is -0.361. The number of carbonyl (C=O) groups is 1. The summed E-state index contributed by atoms with van der Waals surface area (Å²) in [6.07, 6.45) is -6.68. The largest absolute Gasteiger partial charge is 0.573 e. The predicted molar refractivity (Wildman–Crippen MR) is 117 cm³/mol. The lowest BCUT2D eigenvalue weighted by molar-refractivity contribution is -0.274. The number of halogens is 3. The van der Waals surface area contributed by atoms with Crippen LogP contribution in [0.25, 0.3) is 21.3 Å². The van der Waals surface area contributed by atoms with Gasteiger partial charge >= 0.3 is 12.5 Å². The van der Waals surface area contributed by atoms with E-state index in [1.54, 1.807) is 32.3 Å². The Hall–Kier alpha value is -2.89. The molecule has 0 bridgehead atoms. The van der Waals surface area contributed by atoms with Crippen molar-refractivity contribution < 1.29 is 37.7 Å². The number of amides is 1. The molecule has 0 fully saturated rings. The van der Waals surface area contributed by atoms with Crippen molar-refractivity contribution >= 4 is 27.6 Å². The lowest BCUT2D eigenvalue weighted by atomic mass is 9.95. The van der Waals surface area contributed by atoms with Crippen LogP contribution in [-0.2, 0) is 11.3 Å². The van der Waals surface area contributed by atoms with Gasteiger partial charge in [0.15, 0.2) is 0 Å². The number of aromatic nitrogens is 1. The summed E-state index contributed by atoms with van der Waals surface area (Å²) in [4.78, 5) is 16.5. The molecule has 1 amide bonds. The highest BCUT2D eigenvalue weighted by atomic mass is 32.1. The van der Waals surface area contributed by atoms with Crippen LogP contribution in [0.15, 0.2) is 35.8 Å². The zero-order valence-electron chi connectivity index (χ0n) is 18.1. The topological polar surface area (TPSA) is 101 Å². The highest BCUT2D eigenvalue weighted by molar-refractivity contribution is 7.17. The number of aliphatic hydroxyl groups excluding tert-OH is 2. The molecule has 0 saturated heterocycles. The number of benzene rings is 2. The second-order valence-corrected chi connectivity index (χ2v) is 9.01. The number of alkyl carbamates (subject to hydrolysis) is 1. The van der Waals surface area contributed by atoms with E-state index in [0.29, 0.717) is 32.5 Å². The Balaban J connectivity index is 2.02. The third-order valence-electron chi connectivity index (χ3n) is 4.46. The molecule has 1 unspecified atom stereocenters. The van der Waals surface area contributed by atoms with Gasteiger partial charge in [0.25, 0.3) is 0 Å². The normalized spacial score (nSPS) is 13.1. The van der Waals surface area contributed by atoms with E-state index >= 15 is 0 Å². The van der Waals surface area contributed by atoms with Crippen LogP contribution in [0.3, 0.4) is 0 Å². The van der Waals surface area contributed by atoms with Gasteiger partial charge in [-0.25, -0.2) is 9.78 Å². The van der Waals surface area contributed by atoms with Crippen molar-refractivity contribution in [2.24, 2.45) is 0 Å². The zero-order valence-corrected chi connectivity index (χ0v) is 18.9. The second-order valence-electron chi connectivity index (χ2n) is 8.15. The van der Waals surface area contributed by atoms with E-state index in [2.05, 4.69) is 15.0 Å². The van der Waals surface area contributed by atoms with Gasteiger partial charge in [-0.3, -0.25) is 0 Å². The molecule has 0 radical (unpaired) electrons. The minimum absolute atomic E-state index is 0.0165. The second kappa shape index (κ2) is 9.54. The van der Waals surface area contributed by atoms with E-state index in [1.165, 1.54) is 35.6 Å². The van der Waals surface area contributed by atoms with E-state index in [4.69, 9.17) is 4.74 Å². The summed E-state index contributed by atoms with van der Waals surface area (Å²) in [7, 11) is 0. The summed E-state index contributed by atoms with van der Waals surface area (Å²) >= 11 is 1.24. The van der Waals surface area contributed by atoms with Crippen molar-refractivity contribution in [3.05, 3.63) is 47.0 Å². The highest BCUT2D eigenvalue weighted by Gasteiger charge is 2.31. The molecule has 1 aromatic heterocycles. The molecule has 1 atom stereocenters. The van der Waals surface area contributed by atoms with Gasteiger partial charge in [0, 0.05) is 17.7 Å². The molecular formula is C22H23F3N2O5S. The molecule has 3 N–H and O–H groups in total. The van der Waals surface area contributed by atoms with Gasteiger partial charge in [-0.15, -0.1) is 24.5 Å². The van der Waals surface area contributed by atoms with Crippen molar-refractivity contribution in [1.82, 2.24) is 10.3 Å². The lowest BCUT2D eigenvalue weighted by Gasteiger charge is -2.21. The van der Waals surface area contributed by atoms with Crippen LogP contribution < -0.4 is 10.1 Å². The monoisotopic (exact) mass is 484 g/mol. The number of thiazole rings is 1. The molecule has 0 aliphatic carbocycles. The fourth-order valence-corrected chi connectivity index (χ4v) is 4.17. The van der Waals surface area contributed by atoms with Crippen molar-refractivity contribution in [3.63, 3.8) is 0 Å². The van der Waals surface area contributed by atoms with Crippen molar-refractivity contribution in [2.45, 2.75) is 45.4 Å². The number of hydrogen-bond donors (Lipinski definition) is 3. The molecule has 178 valence electrons. The first-order valence-electron chi connectivity index (χ1n) is 9.89. The Kier molecular flexibility index (Phi) is 7.15. The maximum atomic E-state index is 12.5. The predicted octanol–water partition coefficient (Wildman–Crippen LogP) is 4.91. The van der Waals surface area contributed by atoms with Gasteiger partial charge < -0.3 is 25.0 Å². The average molecular weight is 484 g/mol. The van der Waals surface area contributed by atoms with Crippen LogP contribution in [0.2, 0.25) is 0 Å². The summed E-state index contributed by atoms with van der Waals surface area (Å²) in [6, 6.07) is 6.98. The number of alkyl halides is 3. The van der Waals surface area contributed by atoms with Crippen molar-refractivity contribution in [2.75, 3.05) is 6.61 Å². The number of hydrogen-bond acceptors (Lipinski definition) is 7. The van der Waals surface area contributed by atoms with Gasteiger partial charge in [-0.1, -0.05) is 12.1 Å². The standard InChI is InChI=1S/C22H23F3N2O5S/c1-21(2,3)32-20(30)26-9-13-8-15(12-4-6-14(7-5-12)31-22(23,24)25)18-19(33-11-27-18)17(13)16(29)10-28/h4-8,11,16,28-29H,9-10H2,1-3H3,(H,26,30). The van der Waals surface area contributed by atoms with Crippen molar-refractivity contribution in [3.8, 4) is 16.9 Å². The van der Waals surface area contributed by atoms with Gasteiger partial charge in [-0.05, 0) is 50.1 Å². The number of nitrogens with zero attached hydrogens (tertiary/aromatic N) is 1. The van der Waals surface area contributed by atoms with Gasteiger partial charge in [0.2, 0.25) is 0 Å². The van der Waals surface area contributed by atoms with E-state index < -0.39 is 30.8 Å². The molecule has 11 heteroatoms. The Labute approximate surface area is 191 Å². The van der Waals surface area contributed by atoms with E-state index in [9.17, 15) is 28.2 Å². The molecule has 0 spiro atoms. The molecule has 3 aromatic rings.